The van der Waals surface area contributed by atoms with E-state index in [1.54, 1.807) is 72.8 Å². The summed E-state index contributed by atoms with van der Waals surface area (Å²) >= 11 is 0. The Morgan fingerprint density at radius 3 is 1.92 bits per heavy atom. The summed E-state index contributed by atoms with van der Waals surface area (Å²) in [6, 6.07) is 14.5. The second-order valence-electron chi connectivity index (χ2n) is 13.5. The van der Waals surface area contributed by atoms with Crippen LogP contribution in [0.25, 0.3) is 0 Å². The van der Waals surface area contributed by atoms with Crippen molar-refractivity contribution >= 4 is 35.4 Å². The van der Waals surface area contributed by atoms with E-state index in [1.165, 1.54) is 51.8 Å². The number of carbonyl (C=O) groups excluding carboxylic acids is 6. The van der Waals surface area contributed by atoms with Crippen molar-refractivity contribution in [3.05, 3.63) is 89.5 Å². The normalized spacial score (nSPS) is 24.9. The average Bonchev–Trinajstić information content (AvgIpc) is 3.14. The van der Waals surface area contributed by atoms with Crippen molar-refractivity contribution in [2.45, 2.75) is 76.3 Å². The van der Waals surface area contributed by atoms with Gasteiger partial charge in [0.25, 0.3) is 0 Å². The van der Waals surface area contributed by atoms with E-state index in [1.807, 2.05) is 0 Å². The maximum atomic E-state index is 14.2. The van der Waals surface area contributed by atoms with Crippen LogP contribution in [0.4, 0.5) is 0 Å². The lowest BCUT2D eigenvalue weighted by Gasteiger charge is -2.34. The summed E-state index contributed by atoms with van der Waals surface area (Å²) in [5.74, 6) is -1.95. The number of amides is 6. The van der Waals surface area contributed by atoms with Crippen molar-refractivity contribution in [2.75, 3.05) is 21.2 Å². The Bertz CT molecular complexity index is 1850. The lowest BCUT2D eigenvalue weighted by molar-refractivity contribution is -0.145. The van der Waals surface area contributed by atoms with Gasteiger partial charge in [0.2, 0.25) is 35.4 Å². The lowest BCUT2D eigenvalue weighted by atomic mass is 10.00. The number of nitrogens with one attached hydrogen (secondary N) is 4. The molecule has 3 heterocycles. The van der Waals surface area contributed by atoms with E-state index in [9.17, 15) is 28.8 Å². The van der Waals surface area contributed by atoms with Gasteiger partial charge in [-0.3, -0.25) is 28.8 Å². The van der Waals surface area contributed by atoms with Crippen molar-refractivity contribution in [1.29, 1.82) is 0 Å². The monoisotopic (exact) mass is 726 g/mol. The minimum Gasteiger partial charge on any atom is -0.497 e. The fraction of sp³-hybridized carbons (Fsp3) is 0.385. The highest BCUT2D eigenvalue weighted by atomic mass is 16.5. The predicted molar refractivity (Wildman–Crippen MR) is 195 cm³/mol. The predicted octanol–water partition coefficient (Wildman–Crippen LogP) is 1.50. The molecule has 6 amide bonds. The summed E-state index contributed by atoms with van der Waals surface area (Å²) < 4.78 is 11.3. The standard InChI is InChI=1S/C39H46N6O8/c1-22-34(46)41-23(2)38(50)44(4)32(20-25-10-14-28(52-6)15-11-25)36(48)42-24(3)39(51)45(5)33-21-26-12-16-29(17-13-26)53-30-9-7-8-27(18-30)19-31(35(47)40-22)43-37(33)49/h7-18,22-24,31-33H,19-21H2,1-6H3,(H,40,47)(H,41,46)(H,42,48)(H,43,49)/t22-,23+,24+,31+,32+,33+/m1/s1. The van der Waals surface area contributed by atoms with Crippen LogP contribution in [0.2, 0.25) is 0 Å². The van der Waals surface area contributed by atoms with Gasteiger partial charge in [-0.1, -0.05) is 36.4 Å². The summed E-state index contributed by atoms with van der Waals surface area (Å²) in [5, 5.41) is 10.9. The van der Waals surface area contributed by atoms with Crippen LogP contribution in [-0.2, 0) is 48.0 Å². The number of likely N-dealkylation sites (N-methyl/N-ethyl adjacent to an activating group) is 2. The minimum absolute atomic E-state index is 0.0345. The van der Waals surface area contributed by atoms with Crippen LogP contribution in [-0.4, -0.2) is 103 Å². The molecule has 0 aromatic heterocycles. The molecule has 6 atom stereocenters. The average molecular weight is 727 g/mol. The number of hydrogen-bond donors (Lipinski definition) is 4. The number of benzene rings is 3. The van der Waals surface area contributed by atoms with E-state index in [0.717, 1.165) is 0 Å². The molecule has 6 rings (SSSR count). The Morgan fingerprint density at radius 1 is 0.642 bits per heavy atom. The van der Waals surface area contributed by atoms with E-state index in [0.29, 0.717) is 33.9 Å². The van der Waals surface area contributed by atoms with Gasteiger partial charge in [0, 0.05) is 33.4 Å². The summed E-state index contributed by atoms with van der Waals surface area (Å²) in [7, 11) is 4.45. The van der Waals surface area contributed by atoms with Crippen molar-refractivity contribution < 1.29 is 38.2 Å². The molecule has 3 aliphatic rings. The summed E-state index contributed by atoms with van der Waals surface area (Å²) in [6.07, 6.45) is 0.187. The van der Waals surface area contributed by atoms with Crippen LogP contribution in [0.5, 0.6) is 17.2 Å². The molecule has 1 fully saturated rings. The Kier molecular flexibility index (Phi) is 12.0. The molecule has 4 N–H and O–H groups in total. The molecular formula is C39H46N6O8. The molecule has 3 aromatic rings. The third kappa shape index (κ3) is 9.31. The molecule has 280 valence electrons. The molecule has 1 saturated heterocycles. The number of methoxy groups -OCH3 is 1. The van der Waals surface area contributed by atoms with Gasteiger partial charge in [-0.15, -0.1) is 0 Å². The third-order valence-electron chi connectivity index (χ3n) is 9.59. The molecule has 0 unspecified atom stereocenters. The lowest BCUT2D eigenvalue weighted by Crippen LogP contribution is -2.61. The van der Waals surface area contributed by atoms with Crippen LogP contribution in [0.15, 0.2) is 72.8 Å². The highest BCUT2D eigenvalue weighted by molar-refractivity contribution is 5.98. The van der Waals surface area contributed by atoms with Crippen molar-refractivity contribution in [2.24, 2.45) is 0 Å². The van der Waals surface area contributed by atoms with Gasteiger partial charge >= 0.3 is 0 Å². The smallest absolute Gasteiger partial charge is 0.245 e. The quantitative estimate of drug-likeness (QED) is 0.314. The van der Waals surface area contributed by atoms with Gasteiger partial charge in [0.1, 0.15) is 53.5 Å². The molecule has 53 heavy (non-hydrogen) atoms. The Labute approximate surface area is 308 Å². The largest absolute Gasteiger partial charge is 0.497 e. The highest BCUT2D eigenvalue weighted by Crippen LogP contribution is 2.25. The highest BCUT2D eigenvalue weighted by Gasteiger charge is 2.37. The molecule has 14 nitrogen and oxygen atoms in total. The summed E-state index contributed by atoms with van der Waals surface area (Å²) in [5.41, 5.74) is 2.09. The maximum Gasteiger partial charge on any atom is 0.245 e. The Balaban J connectivity index is 1.53. The number of ether oxygens (including phenoxy) is 2. The molecule has 14 heteroatoms. The van der Waals surface area contributed by atoms with Gasteiger partial charge in [-0.2, -0.15) is 0 Å². The fourth-order valence-electron chi connectivity index (χ4n) is 6.37. The minimum atomic E-state index is -1.16. The van der Waals surface area contributed by atoms with E-state index in [4.69, 9.17) is 9.47 Å². The van der Waals surface area contributed by atoms with Crippen molar-refractivity contribution in [3.63, 3.8) is 0 Å². The first kappa shape index (κ1) is 38.3. The Morgan fingerprint density at radius 2 is 1.26 bits per heavy atom. The molecule has 0 spiro atoms. The topological polar surface area (TPSA) is 175 Å². The first-order chi connectivity index (χ1) is 25.2. The number of nitrogens with zero attached hydrogens (tertiary/aromatic N) is 2. The first-order valence-electron chi connectivity index (χ1n) is 17.5. The second kappa shape index (κ2) is 16.6. The number of hydrogen-bond acceptors (Lipinski definition) is 8. The number of fused-ring (bicyclic) bond motifs is 2. The first-order valence-corrected chi connectivity index (χ1v) is 17.5. The van der Waals surface area contributed by atoms with Gasteiger partial charge in [-0.05, 0) is 73.9 Å². The molecule has 0 saturated carbocycles. The van der Waals surface area contributed by atoms with Crippen LogP contribution in [0.1, 0.15) is 37.5 Å². The van der Waals surface area contributed by atoms with Crippen LogP contribution >= 0.6 is 0 Å². The Hall–Kier alpha value is -5.92. The zero-order valence-electron chi connectivity index (χ0n) is 30.7. The van der Waals surface area contributed by atoms with Crippen LogP contribution in [0, 0.1) is 0 Å². The number of rotatable bonds is 3. The number of carbonyl (C=O) groups is 6. The SMILES string of the molecule is COc1ccc(C[C@H]2C(=O)N[C@@H](C)C(=O)N(C)[C@H]3Cc4ccc(cc4)Oc4cccc(c4)C[C@H](NC3=O)C(=O)N[C@H](C)C(=O)N[C@@H](C)C(=O)N2C)cc1. The molecule has 0 aliphatic carbocycles. The summed E-state index contributed by atoms with van der Waals surface area (Å²) in [4.78, 5) is 85.6. The van der Waals surface area contributed by atoms with E-state index >= 15 is 0 Å². The molecule has 3 aliphatic heterocycles. The van der Waals surface area contributed by atoms with Crippen LogP contribution < -0.4 is 30.7 Å². The maximum absolute atomic E-state index is 14.2. The molecule has 0 radical (unpaired) electrons. The van der Waals surface area contributed by atoms with Crippen LogP contribution in [0.3, 0.4) is 0 Å². The van der Waals surface area contributed by atoms with Gasteiger partial charge < -0.3 is 40.5 Å². The van der Waals surface area contributed by atoms with E-state index in [2.05, 4.69) is 21.3 Å². The fourth-order valence-corrected chi connectivity index (χ4v) is 6.37. The van der Waals surface area contributed by atoms with E-state index < -0.39 is 71.7 Å². The van der Waals surface area contributed by atoms with Gasteiger partial charge in [0.05, 0.1) is 7.11 Å². The van der Waals surface area contributed by atoms with Gasteiger partial charge in [-0.25, -0.2) is 0 Å². The molecule has 6 bridgehead atoms. The van der Waals surface area contributed by atoms with Gasteiger partial charge in [0.15, 0.2) is 0 Å². The third-order valence-corrected chi connectivity index (χ3v) is 9.59. The zero-order valence-corrected chi connectivity index (χ0v) is 30.7. The van der Waals surface area contributed by atoms with E-state index in [-0.39, 0.29) is 19.3 Å². The second-order valence-corrected chi connectivity index (χ2v) is 13.5. The summed E-state index contributed by atoms with van der Waals surface area (Å²) in [6.45, 7) is 4.45. The molecular weight excluding hydrogens is 680 g/mol. The zero-order chi connectivity index (χ0) is 38.4. The molecule has 3 aromatic carbocycles. The van der Waals surface area contributed by atoms with Crippen molar-refractivity contribution in [3.8, 4) is 17.2 Å². The van der Waals surface area contributed by atoms with Crippen molar-refractivity contribution in [1.82, 2.24) is 31.1 Å².